The van der Waals surface area contributed by atoms with Crippen molar-refractivity contribution < 1.29 is 31.7 Å². The summed E-state index contributed by atoms with van der Waals surface area (Å²) in [5.41, 5.74) is 1.84. The average molecular weight is 729 g/mol. The van der Waals surface area contributed by atoms with E-state index in [-0.39, 0.29) is 45.6 Å². The molecule has 220 valence electrons. The van der Waals surface area contributed by atoms with Crippen LogP contribution in [-0.4, -0.2) is 37.0 Å². The third kappa shape index (κ3) is 6.86. The number of carbonyl (C=O) groups excluding carboxylic acids is 3. The number of nitrogens with one attached hydrogen (secondary N) is 1. The third-order valence-electron chi connectivity index (χ3n) is 6.37. The average Bonchev–Trinajstić information content (AvgIpc) is 3.22. The summed E-state index contributed by atoms with van der Waals surface area (Å²) < 4.78 is 37.8. The van der Waals surface area contributed by atoms with Crippen LogP contribution >= 0.6 is 34.4 Å². The van der Waals surface area contributed by atoms with E-state index in [9.17, 15) is 22.8 Å². The maximum absolute atomic E-state index is 13.3. The first kappa shape index (κ1) is 30.6. The fraction of sp³-hybridized carbons (Fsp3) is 0.129. The quantitative estimate of drug-likeness (QED) is 0.114. The van der Waals surface area contributed by atoms with Crippen molar-refractivity contribution in [1.82, 2.24) is 4.90 Å². The minimum atomic E-state index is -4.25. The van der Waals surface area contributed by atoms with E-state index >= 15 is 0 Å². The molecule has 1 heterocycles. The van der Waals surface area contributed by atoms with Crippen molar-refractivity contribution in [1.29, 1.82) is 0 Å². The second kappa shape index (κ2) is 12.8. The van der Waals surface area contributed by atoms with Crippen molar-refractivity contribution in [3.05, 3.63) is 98.5 Å². The summed E-state index contributed by atoms with van der Waals surface area (Å²) in [6, 6.07) is 22.4. The number of nitrogens with zero attached hydrogens (tertiary/aromatic N) is 1. The summed E-state index contributed by atoms with van der Waals surface area (Å²) in [6.45, 7) is 3.47. The van der Waals surface area contributed by atoms with Crippen LogP contribution in [0.2, 0.25) is 0 Å². The van der Waals surface area contributed by atoms with Gasteiger partial charge in [0, 0.05) is 12.6 Å². The van der Waals surface area contributed by atoms with Gasteiger partial charge in [-0.2, -0.15) is 8.42 Å². The molecule has 1 aliphatic rings. The number of fused-ring (bicyclic) bond motifs is 1. The van der Waals surface area contributed by atoms with Crippen molar-refractivity contribution in [2.24, 2.45) is 0 Å². The number of amides is 3. The number of carbonyl (C=O) groups is 3. The van der Waals surface area contributed by atoms with E-state index in [1.165, 1.54) is 36.1 Å². The summed E-state index contributed by atoms with van der Waals surface area (Å²) >= 11 is 2.78. The number of thioether (sulfide) groups is 1. The highest BCUT2D eigenvalue weighted by Crippen LogP contribution is 2.39. The van der Waals surface area contributed by atoms with Gasteiger partial charge in [0.15, 0.2) is 11.5 Å². The van der Waals surface area contributed by atoms with Gasteiger partial charge in [0.1, 0.15) is 4.90 Å². The first-order valence-electron chi connectivity index (χ1n) is 13.1. The van der Waals surface area contributed by atoms with Gasteiger partial charge in [-0.15, -0.1) is 0 Å². The highest BCUT2D eigenvalue weighted by atomic mass is 127. The van der Waals surface area contributed by atoms with Gasteiger partial charge < -0.3 is 14.2 Å². The Hall–Kier alpha value is -3.88. The van der Waals surface area contributed by atoms with Gasteiger partial charge in [-0.1, -0.05) is 42.5 Å². The van der Waals surface area contributed by atoms with Gasteiger partial charge in [0.05, 0.1) is 21.6 Å². The molecule has 4 aromatic rings. The van der Waals surface area contributed by atoms with E-state index in [0.29, 0.717) is 14.8 Å². The van der Waals surface area contributed by atoms with Crippen LogP contribution in [0.5, 0.6) is 11.5 Å². The predicted octanol–water partition coefficient (Wildman–Crippen LogP) is 6.81. The van der Waals surface area contributed by atoms with Gasteiger partial charge >= 0.3 is 10.1 Å². The van der Waals surface area contributed by atoms with Gasteiger partial charge in [0.25, 0.3) is 11.1 Å². The topological polar surface area (TPSA) is 119 Å². The molecule has 0 radical (unpaired) electrons. The Bertz CT molecular complexity index is 1890. The SMILES string of the molecule is CCOc1cc(/C=C2\SC(=O)N(Cc3cccc4ccccc34)C2=O)cc(I)c1OS(=O)(=O)c1ccc(NC(C)=O)cc1. The number of anilines is 1. The first-order valence-corrected chi connectivity index (χ1v) is 16.4. The fourth-order valence-electron chi connectivity index (χ4n) is 4.47. The molecule has 0 atom stereocenters. The fourth-order valence-corrected chi connectivity index (χ4v) is 7.15. The zero-order valence-corrected chi connectivity index (χ0v) is 26.8. The smallest absolute Gasteiger partial charge is 0.339 e. The van der Waals surface area contributed by atoms with E-state index in [2.05, 4.69) is 5.32 Å². The Morgan fingerprint density at radius 2 is 1.74 bits per heavy atom. The number of ether oxygens (including phenoxy) is 1. The maximum atomic E-state index is 13.3. The Morgan fingerprint density at radius 1 is 1.02 bits per heavy atom. The molecule has 0 saturated carbocycles. The molecule has 0 aliphatic carbocycles. The molecule has 12 heteroatoms. The number of halogens is 1. The van der Waals surface area contributed by atoms with Gasteiger partial charge in [-0.25, -0.2) is 0 Å². The van der Waals surface area contributed by atoms with Crippen molar-refractivity contribution in [2.45, 2.75) is 25.3 Å². The number of rotatable bonds is 9. The zero-order chi connectivity index (χ0) is 30.7. The van der Waals surface area contributed by atoms with Crippen LogP contribution < -0.4 is 14.2 Å². The Kier molecular flexibility index (Phi) is 9.08. The Labute approximate surface area is 266 Å². The zero-order valence-electron chi connectivity index (χ0n) is 23.0. The van der Waals surface area contributed by atoms with Crippen molar-refractivity contribution >= 4 is 84.1 Å². The monoisotopic (exact) mass is 728 g/mol. The van der Waals surface area contributed by atoms with Gasteiger partial charge in [-0.3, -0.25) is 19.3 Å². The van der Waals surface area contributed by atoms with E-state index in [4.69, 9.17) is 8.92 Å². The summed E-state index contributed by atoms with van der Waals surface area (Å²) in [6.07, 6.45) is 1.58. The maximum Gasteiger partial charge on any atom is 0.339 e. The van der Waals surface area contributed by atoms with Crippen LogP contribution in [-0.2, 0) is 26.3 Å². The minimum Gasteiger partial charge on any atom is -0.490 e. The van der Waals surface area contributed by atoms with Crippen LogP contribution in [0.25, 0.3) is 16.8 Å². The van der Waals surface area contributed by atoms with E-state index < -0.39 is 16.0 Å². The molecule has 1 aliphatic heterocycles. The number of hydrogen-bond acceptors (Lipinski definition) is 8. The molecule has 9 nitrogen and oxygen atoms in total. The molecular formula is C31H25IN2O7S2. The molecule has 1 saturated heterocycles. The van der Waals surface area contributed by atoms with Crippen LogP contribution in [0.1, 0.15) is 25.0 Å². The molecule has 43 heavy (non-hydrogen) atoms. The van der Waals surface area contributed by atoms with Gasteiger partial charge in [0.2, 0.25) is 5.91 Å². The molecule has 0 aromatic heterocycles. The lowest BCUT2D eigenvalue weighted by Gasteiger charge is -2.15. The normalized spacial score (nSPS) is 14.4. The summed E-state index contributed by atoms with van der Waals surface area (Å²) in [5.74, 6) is -0.539. The Balaban J connectivity index is 1.40. The number of hydrogen-bond donors (Lipinski definition) is 1. The largest absolute Gasteiger partial charge is 0.490 e. The third-order valence-corrected chi connectivity index (χ3v) is 9.31. The lowest BCUT2D eigenvalue weighted by molar-refractivity contribution is -0.123. The molecular weight excluding hydrogens is 703 g/mol. The predicted molar refractivity (Wildman–Crippen MR) is 174 cm³/mol. The Morgan fingerprint density at radius 3 is 2.47 bits per heavy atom. The van der Waals surface area contributed by atoms with E-state index in [1.54, 1.807) is 25.1 Å². The second-order valence-corrected chi connectivity index (χ2v) is 13.1. The lowest BCUT2D eigenvalue weighted by Crippen LogP contribution is -2.27. The molecule has 5 rings (SSSR count). The summed E-state index contributed by atoms with van der Waals surface area (Å²) in [4.78, 5) is 38.8. The molecule has 1 fully saturated rings. The van der Waals surface area contributed by atoms with E-state index in [1.807, 2.05) is 65.1 Å². The van der Waals surface area contributed by atoms with Crippen LogP contribution in [0.4, 0.5) is 10.5 Å². The van der Waals surface area contributed by atoms with Crippen molar-refractivity contribution in [3.63, 3.8) is 0 Å². The molecule has 0 unspecified atom stereocenters. The van der Waals surface area contributed by atoms with Gasteiger partial charge in [-0.05, 0) is 106 Å². The standard InChI is InChI=1S/C31H25IN2O7S2/c1-3-40-27-16-20(15-26(32)29(27)41-43(38,39)24-13-11-23(12-14-24)33-19(2)35)17-28-30(36)34(31(37)42-28)18-22-9-6-8-21-7-4-5-10-25(21)22/h4-17H,3,18H2,1-2H3,(H,33,35)/b28-17-. The summed E-state index contributed by atoms with van der Waals surface area (Å²) in [5, 5.41) is 4.20. The number of benzene rings is 4. The van der Waals surface area contributed by atoms with Crippen LogP contribution in [0.3, 0.4) is 0 Å². The lowest BCUT2D eigenvalue weighted by atomic mass is 10.0. The molecule has 3 amide bonds. The first-order chi connectivity index (χ1) is 20.6. The molecule has 4 aromatic carbocycles. The van der Waals surface area contributed by atoms with Crippen molar-refractivity contribution in [3.8, 4) is 11.5 Å². The minimum absolute atomic E-state index is 0.00500. The van der Waals surface area contributed by atoms with E-state index in [0.717, 1.165) is 28.1 Å². The highest BCUT2D eigenvalue weighted by Gasteiger charge is 2.35. The second-order valence-electron chi connectivity index (χ2n) is 9.41. The highest BCUT2D eigenvalue weighted by molar-refractivity contribution is 14.1. The summed E-state index contributed by atoms with van der Waals surface area (Å²) in [7, 11) is -4.25. The van der Waals surface area contributed by atoms with Crippen molar-refractivity contribution in [2.75, 3.05) is 11.9 Å². The number of imide groups is 1. The van der Waals surface area contributed by atoms with Crippen LogP contribution in [0.15, 0.2) is 88.7 Å². The van der Waals surface area contributed by atoms with Crippen LogP contribution in [0, 0.1) is 3.57 Å². The molecule has 0 spiro atoms. The molecule has 1 N–H and O–H groups in total. The molecule has 0 bridgehead atoms.